The second-order valence-corrected chi connectivity index (χ2v) is 11.1. The maximum atomic E-state index is 13.6. The van der Waals surface area contributed by atoms with E-state index in [0.29, 0.717) is 10.1 Å². The zero-order valence-electron chi connectivity index (χ0n) is 17.6. The van der Waals surface area contributed by atoms with Crippen molar-refractivity contribution in [1.29, 1.82) is 0 Å². The lowest BCUT2D eigenvalue weighted by Crippen LogP contribution is -2.68. The molecule has 1 fully saturated rings. The Bertz CT molecular complexity index is 1180. The quantitative estimate of drug-likeness (QED) is 0.407. The van der Waals surface area contributed by atoms with Gasteiger partial charge in [-0.2, -0.15) is 0 Å². The molecule has 2 atom stereocenters. The van der Waals surface area contributed by atoms with Crippen LogP contribution in [0.3, 0.4) is 0 Å². The maximum Gasteiger partial charge on any atom is 0.356 e. The van der Waals surface area contributed by atoms with Gasteiger partial charge < -0.3 is 10.5 Å². The minimum atomic E-state index is -0.618. The van der Waals surface area contributed by atoms with Gasteiger partial charge in [-0.15, -0.1) is 22.0 Å². The first-order chi connectivity index (χ1) is 16.0. The van der Waals surface area contributed by atoms with E-state index < -0.39 is 18.1 Å². The van der Waals surface area contributed by atoms with E-state index in [1.165, 1.54) is 28.0 Å². The average molecular weight is 497 g/mol. The van der Waals surface area contributed by atoms with Crippen molar-refractivity contribution in [2.75, 3.05) is 5.75 Å². The van der Waals surface area contributed by atoms with E-state index in [1.807, 2.05) is 67.6 Å². The maximum absolute atomic E-state index is 13.6. The average Bonchev–Trinajstić information content (AvgIpc) is 3.27. The van der Waals surface area contributed by atoms with Crippen molar-refractivity contribution < 1.29 is 14.3 Å². The molecular formula is C23H20N4O3S3. The molecule has 1 amide bonds. The molecule has 33 heavy (non-hydrogen) atoms. The Balaban J connectivity index is 1.51. The van der Waals surface area contributed by atoms with Gasteiger partial charge in [-0.05, 0) is 18.1 Å². The predicted molar refractivity (Wildman–Crippen MR) is 129 cm³/mol. The number of nitrogens with two attached hydrogens (primary N) is 1. The Morgan fingerprint density at radius 1 is 1.12 bits per heavy atom. The molecule has 1 saturated heterocycles. The van der Waals surface area contributed by atoms with Gasteiger partial charge >= 0.3 is 5.97 Å². The number of rotatable bonds is 6. The highest BCUT2D eigenvalue weighted by molar-refractivity contribution is 8.07. The van der Waals surface area contributed by atoms with E-state index in [2.05, 4.69) is 10.2 Å². The summed E-state index contributed by atoms with van der Waals surface area (Å²) in [5, 5.41) is 8.78. The Morgan fingerprint density at radius 3 is 2.33 bits per heavy atom. The summed E-state index contributed by atoms with van der Waals surface area (Å²) in [6.07, 6.45) is -0.611. The van der Waals surface area contributed by atoms with E-state index in [0.717, 1.165) is 21.0 Å². The second-order valence-electron chi connectivity index (χ2n) is 7.50. The smallest absolute Gasteiger partial charge is 0.356 e. The highest BCUT2D eigenvalue weighted by Gasteiger charge is 2.52. The third-order valence-corrected chi connectivity index (χ3v) is 8.77. The number of amides is 1. The Kier molecular flexibility index (Phi) is 6.24. The summed E-state index contributed by atoms with van der Waals surface area (Å²) in [6, 6.07) is 18.5. The molecule has 3 heterocycles. The van der Waals surface area contributed by atoms with Crippen LogP contribution in [-0.2, 0) is 14.3 Å². The topological polar surface area (TPSA) is 98.4 Å². The van der Waals surface area contributed by atoms with Crippen LogP contribution in [0.2, 0.25) is 0 Å². The highest BCUT2D eigenvalue weighted by atomic mass is 32.2. The molecule has 168 valence electrons. The lowest BCUT2D eigenvalue weighted by molar-refractivity contribution is -0.152. The van der Waals surface area contributed by atoms with Gasteiger partial charge in [0.15, 0.2) is 10.4 Å². The molecule has 0 spiro atoms. The van der Waals surface area contributed by atoms with Crippen LogP contribution in [-0.4, -0.2) is 44.1 Å². The van der Waals surface area contributed by atoms with Gasteiger partial charge in [0.05, 0.1) is 0 Å². The highest BCUT2D eigenvalue weighted by Crippen LogP contribution is 2.45. The second kappa shape index (κ2) is 9.30. The standard InChI is InChI=1S/C23H20N4O3S3/c1-13-25-26-23(32-13)33-16-12-31-21-17(24)20(28)27(21)18(16)22(29)30-19(14-8-4-2-5-9-14)15-10-6-3-7-11-15/h2-11,17,19,21H,12,24H2,1H3/t17-,21-/m1/s1. The largest absolute Gasteiger partial charge is 0.448 e. The van der Waals surface area contributed by atoms with Crippen LogP contribution in [0, 0.1) is 6.92 Å². The molecule has 2 N–H and O–H groups in total. The molecule has 2 aromatic carbocycles. The van der Waals surface area contributed by atoms with E-state index in [-0.39, 0.29) is 17.0 Å². The predicted octanol–water partition coefficient (Wildman–Crippen LogP) is 3.73. The van der Waals surface area contributed by atoms with Crippen LogP contribution in [0.1, 0.15) is 22.2 Å². The fraction of sp³-hybridized carbons (Fsp3) is 0.217. The van der Waals surface area contributed by atoms with E-state index >= 15 is 0 Å². The van der Waals surface area contributed by atoms with Crippen LogP contribution in [0.5, 0.6) is 0 Å². The van der Waals surface area contributed by atoms with Crippen molar-refractivity contribution in [3.63, 3.8) is 0 Å². The minimum absolute atomic E-state index is 0.250. The van der Waals surface area contributed by atoms with Gasteiger partial charge in [-0.3, -0.25) is 9.69 Å². The normalized spacial score (nSPS) is 20.0. The molecule has 5 rings (SSSR count). The van der Waals surface area contributed by atoms with Crippen molar-refractivity contribution in [3.05, 3.63) is 87.4 Å². The molecule has 0 bridgehead atoms. The number of esters is 1. The number of aryl methyl sites for hydroxylation is 1. The molecule has 0 radical (unpaired) electrons. The molecule has 3 aromatic rings. The molecule has 2 aliphatic heterocycles. The summed E-state index contributed by atoms with van der Waals surface area (Å²) in [6.45, 7) is 1.87. The summed E-state index contributed by atoms with van der Waals surface area (Å²) in [5.74, 6) is -0.291. The number of nitrogens with zero attached hydrogens (tertiary/aromatic N) is 3. The SMILES string of the molecule is Cc1nnc(SC2=C(C(=O)OC(c3ccccc3)c3ccccc3)N3C(=O)[C@@H](N)[C@H]3SC2)s1. The van der Waals surface area contributed by atoms with E-state index in [4.69, 9.17) is 10.5 Å². The first kappa shape index (κ1) is 22.1. The van der Waals surface area contributed by atoms with Crippen LogP contribution in [0.15, 0.2) is 75.6 Å². The Labute approximate surface area is 203 Å². The number of hydrogen-bond donors (Lipinski definition) is 1. The number of ether oxygens (including phenoxy) is 1. The van der Waals surface area contributed by atoms with Crippen molar-refractivity contribution in [2.45, 2.75) is 28.8 Å². The lowest BCUT2D eigenvalue weighted by Gasteiger charge is -2.48. The van der Waals surface area contributed by atoms with Gasteiger partial charge in [0.2, 0.25) is 5.91 Å². The van der Waals surface area contributed by atoms with Crippen molar-refractivity contribution in [2.24, 2.45) is 5.73 Å². The number of aromatic nitrogens is 2. The van der Waals surface area contributed by atoms with Crippen molar-refractivity contribution in [3.8, 4) is 0 Å². The molecule has 7 nitrogen and oxygen atoms in total. The first-order valence-corrected chi connectivity index (χ1v) is 12.9. The van der Waals surface area contributed by atoms with Crippen LogP contribution < -0.4 is 5.73 Å². The fourth-order valence-electron chi connectivity index (χ4n) is 3.73. The summed E-state index contributed by atoms with van der Waals surface area (Å²) in [5.41, 5.74) is 7.95. The van der Waals surface area contributed by atoms with Gasteiger partial charge in [-0.25, -0.2) is 4.79 Å². The van der Waals surface area contributed by atoms with Gasteiger partial charge in [0.1, 0.15) is 22.1 Å². The number of fused-ring (bicyclic) bond motifs is 1. The lowest BCUT2D eigenvalue weighted by atomic mass is 10.0. The molecule has 10 heteroatoms. The summed E-state index contributed by atoms with van der Waals surface area (Å²) < 4.78 is 6.80. The van der Waals surface area contributed by atoms with Gasteiger partial charge in [-0.1, -0.05) is 83.8 Å². The van der Waals surface area contributed by atoms with E-state index in [1.54, 1.807) is 11.8 Å². The Hall–Kier alpha value is -2.66. The van der Waals surface area contributed by atoms with Crippen molar-refractivity contribution in [1.82, 2.24) is 15.1 Å². The third kappa shape index (κ3) is 4.31. The van der Waals surface area contributed by atoms with Crippen LogP contribution >= 0.6 is 34.9 Å². The number of β-lactam (4-membered cyclic amide) rings is 1. The number of thioether (sulfide) groups is 2. The number of carbonyl (C=O) groups excluding carboxylic acids is 2. The number of benzene rings is 2. The molecule has 1 aromatic heterocycles. The third-order valence-electron chi connectivity index (χ3n) is 5.32. The molecule has 0 unspecified atom stereocenters. The molecule has 0 aliphatic carbocycles. The van der Waals surface area contributed by atoms with Gasteiger partial charge in [0.25, 0.3) is 0 Å². The zero-order valence-corrected chi connectivity index (χ0v) is 20.0. The monoisotopic (exact) mass is 496 g/mol. The van der Waals surface area contributed by atoms with Crippen LogP contribution in [0.4, 0.5) is 0 Å². The molecular weight excluding hydrogens is 476 g/mol. The summed E-state index contributed by atoms with van der Waals surface area (Å²) in [4.78, 5) is 28.5. The van der Waals surface area contributed by atoms with Crippen LogP contribution in [0.25, 0.3) is 0 Å². The molecule has 0 saturated carbocycles. The van der Waals surface area contributed by atoms with Crippen molar-refractivity contribution >= 4 is 46.7 Å². The molecule has 2 aliphatic rings. The fourth-order valence-corrected chi connectivity index (χ4v) is 7.13. The summed E-state index contributed by atoms with van der Waals surface area (Å²) in [7, 11) is 0. The van der Waals surface area contributed by atoms with E-state index in [9.17, 15) is 9.59 Å². The number of hydrogen-bond acceptors (Lipinski definition) is 9. The summed E-state index contributed by atoms with van der Waals surface area (Å²) >= 11 is 4.33. The van der Waals surface area contributed by atoms with Gasteiger partial charge in [0, 0.05) is 10.7 Å². The first-order valence-electron chi connectivity index (χ1n) is 10.2. The zero-order chi connectivity index (χ0) is 22.9. The minimum Gasteiger partial charge on any atom is -0.448 e. The Morgan fingerprint density at radius 2 is 1.76 bits per heavy atom. The number of carbonyl (C=O) groups is 2.